The van der Waals surface area contributed by atoms with Crippen molar-refractivity contribution in [2.45, 2.75) is 19.1 Å². The van der Waals surface area contributed by atoms with Crippen LogP contribution in [0.15, 0.2) is 182 Å². The second kappa shape index (κ2) is 26.3. The molecule has 392 valence electrons. The van der Waals surface area contributed by atoms with Gasteiger partial charge in [-0.15, -0.1) is 0 Å². The number of nitro benzene ring substituents is 1. The van der Waals surface area contributed by atoms with E-state index in [1.54, 1.807) is 103 Å². The number of methoxy groups -OCH3 is 3. The van der Waals surface area contributed by atoms with Crippen LogP contribution >= 0.6 is 34.8 Å². The fourth-order valence-electron chi connectivity index (χ4n) is 7.69. The van der Waals surface area contributed by atoms with Crippen molar-refractivity contribution in [3.63, 3.8) is 0 Å². The Balaban J connectivity index is 0.000000179. The lowest BCUT2D eigenvalue weighted by molar-refractivity contribution is -0.384. The molecule has 0 spiro atoms. The van der Waals surface area contributed by atoms with Gasteiger partial charge in [0.1, 0.15) is 34.7 Å². The summed E-state index contributed by atoms with van der Waals surface area (Å²) in [6.45, 7) is 0. The number of carbonyl (C=O) groups is 1. The maximum Gasteiger partial charge on any atom is 0.316 e. The van der Waals surface area contributed by atoms with Gasteiger partial charge in [-0.3, -0.25) is 10.1 Å². The van der Waals surface area contributed by atoms with Gasteiger partial charge in [-0.2, -0.15) is 0 Å². The Hall–Kier alpha value is -8.49. The zero-order valence-corrected chi connectivity index (χ0v) is 43.4. The van der Waals surface area contributed by atoms with Crippen molar-refractivity contribution < 1.29 is 45.3 Å². The minimum Gasteiger partial charge on any atom is -0.496 e. The van der Waals surface area contributed by atoms with E-state index in [4.69, 9.17) is 68.7 Å². The molecule has 9 rings (SSSR count). The molecule has 10 nitrogen and oxygen atoms in total. The molecule has 0 aromatic heterocycles. The first-order valence-electron chi connectivity index (χ1n) is 26.0. The van der Waals surface area contributed by atoms with Gasteiger partial charge in [-0.1, -0.05) is 126 Å². The van der Waals surface area contributed by atoms with Crippen molar-refractivity contribution in [2.75, 3.05) is 32.4 Å². The summed E-state index contributed by atoms with van der Waals surface area (Å²) < 4.78 is 113. The van der Waals surface area contributed by atoms with Crippen molar-refractivity contribution in [2.24, 2.45) is 5.73 Å². The summed E-state index contributed by atoms with van der Waals surface area (Å²) >= 11 is 18.1. The van der Waals surface area contributed by atoms with E-state index < -0.39 is 47.5 Å². The normalized spacial score (nSPS) is 12.3. The number of benzene rings is 9. The molecule has 2 amide bonds. The van der Waals surface area contributed by atoms with Gasteiger partial charge >= 0.3 is 6.03 Å². The summed E-state index contributed by atoms with van der Waals surface area (Å²) in [5, 5.41) is 14.5. The second-order valence-electron chi connectivity index (χ2n) is 16.4. The zero-order chi connectivity index (χ0) is 60.6. The number of non-ortho nitro benzene ring substituents is 1. The molecule has 9 aromatic rings. The number of anilines is 2. The van der Waals surface area contributed by atoms with Gasteiger partial charge in [0.15, 0.2) is 0 Å². The number of primary amides is 1. The number of amides is 2. The fourth-order valence-corrected chi connectivity index (χ4v) is 8.26. The smallest absolute Gasteiger partial charge is 0.316 e. The van der Waals surface area contributed by atoms with Gasteiger partial charge in [0.2, 0.25) is 0 Å². The van der Waals surface area contributed by atoms with Crippen molar-refractivity contribution in [3.05, 3.63) is 258 Å². The Morgan fingerprint density at radius 3 is 1.16 bits per heavy atom. The lowest BCUT2D eigenvalue weighted by Crippen LogP contribution is -2.19. The number of halogens is 6. The summed E-state index contributed by atoms with van der Waals surface area (Å²) in [6, 6.07) is 44.9. The van der Waals surface area contributed by atoms with Crippen LogP contribution in [0.4, 0.5) is 35.0 Å². The molecule has 0 saturated heterocycles. The Kier molecular flexibility index (Phi) is 16.5. The third kappa shape index (κ3) is 14.7. The molecule has 0 saturated carbocycles. The fraction of sp³-hybridized carbons (Fsp3) is 0.0984. The number of nitrogens with one attached hydrogen (secondary N) is 1. The third-order valence-electron chi connectivity index (χ3n) is 11.3. The van der Waals surface area contributed by atoms with Crippen LogP contribution in [0.25, 0.3) is 33.4 Å². The molecule has 0 radical (unpaired) electrons. The molecule has 5 N–H and O–H groups in total. The third-order valence-corrected chi connectivity index (χ3v) is 12.0. The highest BCUT2D eigenvalue weighted by Crippen LogP contribution is 2.39. The van der Waals surface area contributed by atoms with Crippen LogP contribution in [0.2, 0.25) is 15.1 Å². The molecular formula is C61H50Cl3F3N4O6. The maximum atomic E-state index is 15.5. The van der Waals surface area contributed by atoms with Crippen LogP contribution in [0.3, 0.4) is 0 Å². The van der Waals surface area contributed by atoms with Crippen LogP contribution in [0, 0.1) is 27.6 Å². The number of nitro groups is 1. The van der Waals surface area contributed by atoms with E-state index in [1.807, 2.05) is 0 Å². The minimum atomic E-state index is -2.22. The van der Waals surface area contributed by atoms with Crippen molar-refractivity contribution in [1.82, 2.24) is 0 Å². The van der Waals surface area contributed by atoms with E-state index in [2.05, 4.69) is 5.32 Å². The van der Waals surface area contributed by atoms with Crippen LogP contribution < -0.4 is 31.0 Å². The Labute approximate surface area is 467 Å². The molecule has 0 aliphatic carbocycles. The Morgan fingerprint density at radius 2 is 0.857 bits per heavy atom. The number of urea groups is 1. The number of nitrogens with zero attached hydrogens (tertiary/aromatic N) is 1. The Bertz CT molecular complexity index is 3830. The van der Waals surface area contributed by atoms with E-state index in [9.17, 15) is 14.9 Å². The van der Waals surface area contributed by atoms with E-state index in [-0.39, 0.29) is 61.7 Å². The highest BCUT2D eigenvalue weighted by molar-refractivity contribution is 6.31. The molecule has 0 atom stereocenters. The standard InChI is InChI=1S/C21H18ClFN2O2.C20H15ClFNO3.C20H17ClFNO/c1-27-18-10-7-15(11-13-5-8-17(9-6-13)25-21(24)26)20(23)19(18)14-3-2-4-16(22)12-14;1-26-18-10-7-15(11-13-5-8-17(9-6-13)23(24)25)20(22)19(18)14-3-2-4-16(21)12-14;1-24-18-10-7-15(11-13-5-8-17(23)9-6-13)20(22)19(18)14-3-2-4-16(21)12-14/h2-10,12H,11H2,1H3,(H3,24,25,26);2-10,12H,11H2,1H3;2-10,12H,11,23H2,1H3/i3*11D2. The molecule has 9 aromatic carbocycles. The highest BCUT2D eigenvalue weighted by Gasteiger charge is 2.20. The monoisotopic (exact) mass is 1100 g/mol. The molecule has 0 aliphatic heterocycles. The lowest BCUT2D eigenvalue weighted by Gasteiger charge is -2.14. The molecule has 16 heteroatoms. The maximum absolute atomic E-state index is 15.5. The molecular weight excluding hydrogens is 1050 g/mol. The average Bonchev–Trinajstić information content (AvgIpc) is 3.50. The summed E-state index contributed by atoms with van der Waals surface area (Å²) in [6.07, 6.45) is -6.41. The summed E-state index contributed by atoms with van der Waals surface area (Å²) in [5.41, 5.74) is 13.5. The molecule has 0 fully saturated rings. The van der Waals surface area contributed by atoms with E-state index in [0.717, 1.165) is 0 Å². The van der Waals surface area contributed by atoms with Crippen LogP contribution in [-0.4, -0.2) is 32.3 Å². The molecule has 0 heterocycles. The van der Waals surface area contributed by atoms with Gasteiger partial charge in [0.05, 0.1) is 42.9 Å². The van der Waals surface area contributed by atoms with E-state index in [0.29, 0.717) is 54.4 Å². The summed E-state index contributed by atoms with van der Waals surface area (Å²) in [5.74, 6) is -1.40. The molecule has 0 unspecified atom stereocenters. The second-order valence-corrected chi connectivity index (χ2v) is 17.7. The SMILES string of the molecule is [2H]C([2H])(c1ccc(N)cc1)c1ccc(OC)c(-c2cccc(Cl)c2)c1F.[2H]C([2H])(c1ccc(NC(N)=O)cc1)c1ccc(OC)c(-c2cccc(Cl)c2)c1F.[2H]C([2H])(c1ccc([N+](=O)[O-])cc1)c1ccc(OC)c(-c2cccc(Cl)c2)c1F. The number of ether oxygens (including phenoxy) is 3. The summed E-state index contributed by atoms with van der Waals surface area (Å²) in [4.78, 5) is 21.2. The molecule has 77 heavy (non-hydrogen) atoms. The van der Waals surface area contributed by atoms with Gasteiger partial charge in [-0.25, -0.2) is 18.0 Å². The first-order valence-corrected chi connectivity index (χ1v) is 24.1. The van der Waals surface area contributed by atoms with Gasteiger partial charge < -0.3 is 31.0 Å². The number of carbonyl (C=O) groups excluding carboxylic acids is 1. The van der Waals surface area contributed by atoms with E-state index >= 15 is 13.2 Å². The number of hydrogen-bond acceptors (Lipinski definition) is 7. The lowest BCUT2D eigenvalue weighted by atomic mass is 9.97. The van der Waals surface area contributed by atoms with Crippen molar-refractivity contribution in [1.29, 1.82) is 0 Å². The minimum absolute atomic E-state index is 0.0851. The number of nitrogen functional groups attached to an aromatic ring is 1. The van der Waals surface area contributed by atoms with E-state index in [1.165, 1.54) is 100 Å². The van der Waals surface area contributed by atoms with Gasteiger partial charge in [-0.05, 0) is 129 Å². The first kappa shape index (κ1) is 48.2. The predicted octanol–water partition coefficient (Wildman–Crippen LogP) is 16.2. The zero-order valence-electron chi connectivity index (χ0n) is 47.1. The number of rotatable bonds is 14. The topological polar surface area (TPSA) is 152 Å². The first-order chi connectivity index (χ1) is 39.3. The van der Waals surface area contributed by atoms with Crippen LogP contribution in [0.5, 0.6) is 17.2 Å². The van der Waals surface area contributed by atoms with Crippen molar-refractivity contribution in [3.8, 4) is 50.6 Å². The van der Waals surface area contributed by atoms with Crippen LogP contribution in [-0.2, 0) is 19.1 Å². The van der Waals surface area contributed by atoms with Crippen LogP contribution in [0.1, 0.15) is 41.6 Å². The van der Waals surface area contributed by atoms with Crippen molar-refractivity contribution >= 4 is 57.9 Å². The average molecular weight is 1100 g/mol. The van der Waals surface area contributed by atoms with Gasteiger partial charge in [0, 0.05) is 65.9 Å². The molecule has 0 bridgehead atoms. The highest BCUT2D eigenvalue weighted by atomic mass is 35.5. The molecule has 0 aliphatic rings. The quantitative estimate of drug-likeness (QED) is 0.0557. The van der Waals surface area contributed by atoms with Gasteiger partial charge in [0.25, 0.3) is 5.69 Å². The Morgan fingerprint density at radius 1 is 0.532 bits per heavy atom. The number of nitrogens with two attached hydrogens (primary N) is 2. The number of hydrogen-bond donors (Lipinski definition) is 3. The predicted molar refractivity (Wildman–Crippen MR) is 302 cm³/mol. The largest absolute Gasteiger partial charge is 0.496 e. The summed E-state index contributed by atoms with van der Waals surface area (Å²) in [7, 11) is 4.26.